The van der Waals surface area contributed by atoms with E-state index < -0.39 is 0 Å². The maximum absolute atomic E-state index is 13.3. The molecule has 216 valence electrons. The van der Waals surface area contributed by atoms with Crippen molar-refractivity contribution in [3.05, 3.63) is 81.8 Å². The van der Waals surface area contributed by atoms with E-state index in [2.05, 4.69) is 75.1 Å². The van der Waals surface area contributed by atoms with E-state index in [9.17, 15) is 4.79 Å². The first-order chi connectivity index (χ1) is 19.2. The molecule has 1 aliphatic rings. The molecule has 1 heterocycles. The summed E-state index contributed by atoms with van der Waals surface area (Å²) in [6, 6.07) is 20.5. The first-order valence-corrected chi connectivity index (χ1v) is 15.7. The number of Topliss-reactive ketones (excluding diaryl/α,β-unsaturated/α-hetero) is 1. The second-order valence-corrected chi connectivity index (χ2v) is 13.4. The lowest BCUT2D eigenvalue weighted by molar-refractivity contribution is -0.125. The van der Waals surface area contributed by atoms with Crippen LogP contribution in [0.4, 0.5) is 0 Å². The third-order valence-corrected chi connectivity index (χ3v) is 8.70. The van der Waals surface area contributed by atoms with Gasteiger partial charge in [0.1, 0.15) is 5.78 Å². The molecular weight excluding hydrogens is 537 g/mol. The number of piperidine rings is 1. The Bertz CT molecular complexity index is 1240. The topological polar surface area (TPSA) is 29.5 Å². The molecule has 5 heteroatoms. The molecule has 3 nitrogen and oxygen atoms in total. The van der Waals surface area contributed by atoms with Gasteiger partial charge < -0.3 is 9.64 Å². The van der Waals surface area contributed by atoms with Crippen molar-refractivity contribution < 1.29 is 9.53 Å². The van der Waals surface area contributed by atoms with Gasteiger partial charge >= 0.3 is 0 Å². The fraction of sp³-hybridized carbons (Fsp3) is 0.514. The molecule has 0 bridgehead atoms. The van der Waals surface area contributed by atoms with Crippen molar-refractivity contribution in [1.29, 1.82) is 0 Å². The van der Waals surface area contributed by atoms with Gasteiger partial charge in [-0.15, -0.1) is 0 Å². The van der Waals surface area contributed by atoms with Gasteiger partial charge in [-0.25, -0.2) is 0 Å². The van der Waals surface area contributed by atoms with Crippen molar-refractivity contribution in [2.45, 2.75) is 72.5 Å². The second-order valence-electron chi connectivity index (χ2n) is 12.5. The van der Waals surface area contributed by atoms with Crippen LogP contribution in [0, 0.1) is 23.7 Å². The van der Waals surface area contributed by atoms with Gasteiger partial charge in [0.25, 0.3) is 0 Å². The van der Waals surface area contributed by atoms with Crippen LogP contribution in [0.25, 0.3) is 10.8 Å². The van der Waals surface area contributed by atoms with Gasteiger partial charge in [0, 0.05) is 34.5 Å². The third-order valence-electron chi connectivity index (χ3n) is 8.14. The SMILES string of the molecule is CC(C)CC(CC(=O)C1CCN(CC(OCc2ccc3ccccc3c2)c2ccc(Cl)cc2Cl)CC1)CC(C)C. The first kappa shape index (κ1) is 31.0. The Hall–Kier alpha value is -1.91. The number of halogens is 2. The number of ketones is 1. The maximum Gasteiger partial charge on any atom is 0.136 e. The molecule has 3 aromatic rings. The van der Waals surface area contributed by atoms with Crippen molar-refractivity contribution in [2.24, 2.45) is 23.7 Å². The summed E-state index contributed by atoms with van der Waals surface area (Å²) in [6.45, 7) is 12.1. The molecule has 40 heavy (non-hydrogen) atoms. The Morgan fingerprint density at radius 1 is 0.900 bits per heavy atom. The fourth-order valence-corrected chi connectivity index (χ4v) is 6.78. The molecule has 1 aliphatic heterocycles. The number of nitrogens with zero attached hydrogens (tertiary/aromatic N) is 1. The molecule has 1 atom stereocenters. The number of carbonyl (C=O) groups excluding carboxylic acids is 1. The number of benzene rings is 3. The number of ether oxygens (including phenoxy) is 1. The average molecular weight is 583 g/mol. The van der Waals surface area contributed by atoms with Gasteiger partial charge in [-0.1, -0.05) is 93.4 Å². The standard InChI is InChI=1S/C35H45Cl2NO2/c1-24(2)17-27(18-25(3)4)20-34(39)29-13-15-38(16-14-29)22-35(32-12-11-31(36)21-33(32)37)40-23-26-9-10-28-7-5-6-8-30(28)19-26/h5-12,19,21,24-25,27,29,35H,13-18,20,22-23H2,1-4H3. The van der Waals surface area contributed by atoms with E-state index in [1.54, 1.807) is 6.07 Å². The van der Waals surface area contributed by atoms with Gasteiger partial charge in [0.15, 0.2) is 0 Å². The molecule has 0 aliphatic carbocycles. The molecule has 4 rings (SSSR count). The summed E-state index contributed by atoms with van der Waals surface area (Å²) in [4.78, 5) is 15.7. The summed E-state index contributed by atoms with van der Waals surface area (Å²) in [5.41, 5.74) is 2.09. The number of likely N-dealkylation sites (tertiary alicyclic amines) is 1. The van der Waals surface area contributed by atoms with Crippen LogP contribution in [0.1, 0.15) is 77.0 Å². The molecule has 0 N–H and O–H groups in total. The Balaban J connectivity index is 1.38. The van der Waals surface area contributed by atoms with E-state index in [0.29, 0.717) is 40.2 Å². The average Bonchev–Trinajstić information content (AvgIpc) is 2.90. The summed E-state index contributed by atoms with van der Waals surface area (Å²) >= 11 is 12.9. The van der Waals surface area contributed by atoms with Crippen LogP contribution >= 0.6 is 23.2 Å². The zero-order valence-electron chi connectivity index (χ0n) is 24.5. The summed E-state index contributed by atoms with van der Waals surface area (Å²) in [6.07, 6.45) is 4.66. The van der Waals surface area contributed by atoms with E-state index in [1.165, 1.54) is 10.8 Å². The van der Waals surface area contributed by atoms with Crippen LogP contribution in [0.15, 0.2) is 60.7 Å². The molecular formula is C35H45Cl2NO2. The van der Waals surface area contributed by atoms with Crippen LogP contribution in [-0.2, 0) is 16.1 Å². The van der Waals surface area contributed by atoms with Crippen LogP contribution in [0.3, 0.4) is 0 Å². The van der Waals surface area contributed by atoms with E-state index in [1.807, 2.05) is 12.1 Å². The number of fused-ring (bicyclic) bond motifs is 1. The van der Waals surface area contributed by atoms with Crippen molar-refractivity contribution in [3.63, 3.8) is 0 Å². The minimum Gasteiger partial charge on any atom is -0.367 e. The van der Waals surface area contributed by atoms with Crippen molar-refractivity contribution >= 4 is 39.8 Å². The minimum atomic E-state index is -0.190. The van der Waals surface area contributed by atoms with E-state index >= 15 is 0 Å². The number of hydrogen-bond acceptors (Lipinski definition) is 3. The lowest BCUT2D eigenvalue weighted by atomic mass is 9.81. The molecule has 0 amide bonds. The normalized spacial score (nSPS) is 15.9. The molecule has 0 spiro atoms. The van der Waals surface area contributed by atoms with Gasteiger partial charge in [0.2, 0.25) is 0 Å². The Morgan fingerprint density at radius 2 is 1.57 bits per heavy atom. The van der Waals surface area contributed by atoms with Gasteiger partial charge in [-0.05, 0) is 91.1 Å². The number of rotatable bonds is 13. The molecule has 0 saturated carbocycles. The minimum absolute atomic E-state index is 0.175. The highest BCUT2D eigenvalue weighted by atomic mass is 35.5. The third kappa shape index (κ3) is 9.05. The summed E-state index contributed by atoms with van der Waals surface area (Å²) in [5.74, 6) is 2.41. The smallest absolute Gasteiger partial charge is 0.136 e. The van der Waals surface area contributed by atoms with E-state index in [4.69, 9.17) is 27.9 Å². The highest BCUT2D eigenvalue weighted by Gasteiger charge is 2.29. The molecule has 0 aromatic heterocycles. The monoisotopic (exact) mass is 581 g/mol. The predicted molar refractivity (Wildman–Crippen MR) is 169 cm³/mol. The van der Waals surface area contributed by atoms with Crippen LogP contribution in [-0.4, -0.2) is 30.3 Å². The van der Waals surface area contributed by atoms with Gasteiger partial charge in [-0.3, -0.25) is 4.79 Å². The van der Waals surface area contributed by atoms with Crippen LogP contribution < -0.4 is 0 Å². The van der Waals surface area contributed by atoms with Gasteiger partial charge in [-0.2, -0.15) is 0 Å². The van der Waals surface area contributed by atoms with E-state index in [-0.39, 0.29) is 12.0 Å². The molecule has 1 fully saturated rings. The zero-order valence-corrected chi connectivity index (χ0v) is 26.1. The summed E-state index contributed by atoms with van der Waals surface area (Å²) in [5, 5.41) is 3.68. The number of hydrogen-bond donors (Lipinski definition) is 0. The highest BCUT2D eigenvalue weighted by Crippen LogP contribution is 2.32. The maximum atomic E-state index is 13.3. The quantitative estimate of drug-likeness (QED) is 0.201. The lowest BCUT2D eigenvalue weighted by Crippen LogP contribution is -2.39. The largest absolute Gasteiger partial charge is 0.367 e. The number of carbonyl (C=O) groups is 1. The lowest BCUT2D eigenvalue weighted by Gasteiger charge is -2.34. The predicted octanol–water partition coefficient (Wildman–Crippen LogP) is 9.78. The van der Waals surface area contributed by atoms with Crippen LogP contribution in [0.5, 0.6) is 0 Å². The Morgan fingerprint density at radius 3 is 2.23 bits per heavy atom. The fourth-order valence-electron chi connectivity index (χ4n) is 6.25. The Labute approximate surface area is 251 Å². The van der Waals surface area contributed by atoms with Crippen molar-refractivity contribution in [1.82, 2.24) is 4.90 Å². The van der Waals surface area contributed by atoms with Gasteiger partial charge in [0.05, 0.1) is 12.7 Å². The zero-order chi connectivity index (χ0) is 28.6. The molecule has 1 saturated heterocycles. The van der Waals surface area contributed by atoms with E-state index in [0.717, 1.165) is 62.9 Å². The van der Waals surface area contributed by atoms with Crippen LogP contribution in [0.2, 0.25) is 10.0 Å². The second kappa shape index (κ2) is 14.8. The van der Waals surface area contributed by atoms with Crippen molar-refractivity contribution in [2.75, 3.05) is 19.6 Å². The highest BCUT2D eigenvalue weighted by molar-refractivity contribution is 6.35. The molecule has 3 aromatic carbocycles. The molecule has 1 unspecified atom stereocenters. The summed E-state index contributed by atoms with van der Waals surface area (Å²) < 4.78 is 6.55. The summed E-state index contributed by atoms with van der Waals surface area (Å²) in [7, 11) is 0. The first-order valence-electron chi connectivity index (χ1n) is 15.0. The van der Waals surface area contributed by atoms with Crippen molar-refractivity contribution in [3.8, 4) is 0 Å². The Kier molecular flexibility index (Phi) is 11.5. The molecule has 0 radical (unpaired) electrons.